The van der Waals surface area contributed by atoms with E-state index >= 15 is 0 Å². The maximum absolute atomic E-state index is 12.5. The molecule has 0 bridgehead atoms. The van der Waals surface area contributed by atoms with Crippen LogP contribution in [0.15, 0.2) is 17.0 Å². The normalized spacial score (nSPS) is 13.6. The van der Waals surface area contributed by atoms with Crippen molar-refractivity contribution in [3.63, 3.8) is 0 Å². The molecule has 0 heterocycles. The first-order chi connectivity index (χ1) is 9.69. The van der Waals surface area contributed by atoms with E-state index in [0.29, 0.717) is 23.8 Å². The Morgan fingerprint density at radius 1 is 1.38 bits per heavy atom. The number of hydrogen-bond donors (Lipinski definition) is 2. The highest BCUT2D eigenvalue weighted by Gasteiger charge is 2.23. The summed E-state index contributed by atoms with van der Waals surface area (Å²) >= 11 is 5.96. The Morgan fingerprint density at radius 3 is 2.48 bits per heavy atom. The van der Waals surface area contributed by atoms with Crippen molar-refractivity contribution in [1.29, 1.82) is 0 Å². The zero-order valence-corrected chi connectivity index (χ0v) is 14.4. The summed E-state index contributed by atoms with van der Waals surface area (Å²) in [5, 5.41) is 0.378. The van der Waals surface area contributed by atoms with Gasteiger partial charge in [0.25, 0.3) is 0 Å². The third-order valence-electron chi connectivity index (χ3n) is 3.18. The number of nitrogen functional groups attached to an aromatic ring is 1. The molecule has 1 unspecified atom stereocenters. The van der Waals surface area contributed by atoms with Gasteiger partial charge < -0.3 is 10.5 Å². The fourth-order valence-electron chi connectivity index (χ4n) is 1.79. The van der Waals surface area contributed by atoms with Gasteiger partial charge in [-0.1, -0.05) is 25.4 Å². The lowest BCUT2D eigenvalue weighted by molar-refractivity contribution is 0.116. The largest absolute Gasteiger partial charge is 0.397 e. The zero-order valence-electron chi connectivity index (χ0n) is 12.8. The molecule has 1 rings (SSSR count). The van der Waals surface area contributed by atoms with Crippen molar-refractivity contribution >= 4 is 27.3 Å². The Balaban J connectivity index is 3.04. The van der Waals surface area contributed by atoms with Gasteiger partial charge in [-0.3, -0.25) is 0 Å². The van der Waals surface area contributed by atoms with E-state index in [9.17, 15) is 8.42 Å². The van der Waals surface area contributed by atoms with Crippen LogP contribution in [-0.4, -0.2) is 27.7 Å². The molecule has 21 heavy (non-hydrogen) atoms. The van der Waals surface area contributed by atoms with Crippen LogP contribution in [-0.2, 0) is 14.8 Å². The van der Waals surface area contributed by atoms with Gasteiger partial charge in [0.2, 0.25) is 10.0 Å². The minimum absolute atomic E-state index is 0.108. The van der Waals surface area contributed by atoms with Crippen LogP contribution in [0.1, 0.15) is 26.3 Å². The second kappa shape index (κ2) is 7.45. The number of benzene rings is 1. The van der Waals surface area contributed by atoms with E-state index < -0.39 is 10.0 Å². The van der Waals surface area contributed by atoms with E-state index in [4.69, 9.17) is 22.1 Å². The number of hydrogen-bond acceptors (Lipinski definition) is 4. The Hall–Kier alpha value is -0.820. The maximum Gasteiger partial charge on any atom is 0.240 e. The van der Waals surface area contributed by atoms with Crippen molar-refractivity contribution in [2.75, 3.05) is 18.9 Å². The van der Waals surface area contributed by atoms with Gasteiger partial charge in [0.1, 0.15) is 0 Å². The molecule has 0 aliphatic heterocycles. The summed E-state index contributed by atoms with van der Waals surface area (Å²) < 4.78 is 32.9. The number of nitrogens with one attached hydrogen (secondary N) is 1. The lowest BCUT2D eigenvalue weighted by atomic mass is 10.1. The van der Waals surface area contributed by atoms with Gasteiger partial charge in [0.15, 0.2) is 0 Å². The van der Waals surface area contributed by atoms with Gasteiger partial charge in [0, 0.05) is 12.6 Å². The molecular formula is C14H23ClN2O3S. The lowest BCUT2D eigenvalue weighted by Crippen LogP contribution is -2.41. The van der Waals surface area contributed by atoms with Gasteiger partial charge in [-0.15, -0.1) is 0 Å². The smallest absolute Gasteiger partial charge is 0.240 e. The third-order valence-corrected chi connectivity index (χ3v) is 5.16. The fourth-order valence-corrected chi connectivity index (χ4v) is 3.39. The predicted molar refractivity (Wildman–Crippen MR) is 86.0 cm³/mol. The summed E-state index contributed by atoms with van der Waals surface area (Å²) in [7, 11) is -3.67. The first-order valence-electron chi connectivity index (χ1n) is 6.84. The van der Waals surface area contributed by atoms with Gasteiger partial charge in [0.05, 0.1) is 22.2 Å². The Labute approximate surface area is 131 Å². The van der Waals surface area contributed by atoms with Crippen molar-refractivity contribution in [1.82, 2.24) is 4.72 Å². The molecule has 3 N–H and O–H groups in total. The highest BCUT2D eigenvalue weighted by Crippen LogP contribution is 2.27. The molecule has 0 radical (unpaired) electrons. The SMILES string of the molecule is CCOCC(NS(=O)(=O)c1cc(C)c(Cl)c(N)c1)C(C)C. The number of halogens is 1. The van der Waals surface area contributed by atoms with Crippen LogP contribution in [0, 0.1) is 12.8 Å². The van der Waals surface area contributed by atoms with Crippen LogP contribution >= 0.6 is 11.6 Å². The third kappa shape index (κ3) is 4.85. The summed E-state index contributed by atoms with van der Waals surface area (Å²) in [6.45, 7) is 8.34. The molecule has 7 heteroatoms. The number of ether oxygens (including phenoxy) is 1. The van der Waals surface area contributed by atoms with Crippen molar-refractivity contribution in [3.8, 4) is 0 Å². The van der Waals surface area contributed by atoms with Gasteiger partial charge in [-0.25, -0.2) is 13.1 Å². The summed E-state index contributed by atoms with van der Waals surface area (Å²) in [5.41, 5.74) is 6.62. The van der Waals surface area contributed by atoms with E-state index in [-0.39, 0.29) is 22.5 Å². The first kappa shape index (κ1) is 18.2. The molecule has 0 aliphatic carbocycles. The van der Waals surface area contributed by atoms with E-state index in [2.05, 4.69) is 4.72 Å². The number of rotatable bonds is 7. The van der Waals surface area contributed by atoms with Crippen molar-refractivity contribution in [2.24, 2.45) is 5.92 Å². The zero-order chi connectivity index (χ0) is 16.2. The summed E-state index contributed by atoms with van der Waals surface area (Å²) in [6, 6.07) is 2.58. The predicted octanol–water partition coefficient (Wildman–Crippen LogP) is 2.57. The van der Waals surface area contributed by atoms with Crippen molar-refractivity contribution < 1.29 is 13.2 Å². The molecule has 0 amide bonds. The van der Waals surface area contributed by atoms with Crippen LogP contribution in [0.2, 0.25) is 5.02 Å². The number of sulfonamides is 1. The van der Waals surface area contributed by atoms with Crippen LogP contribution < -0.4 is 10.5 Å². The van der Waals surface area contributed by atoms with Crippen LogP contribution in [0.5, 0.6) is 0 Å². The standard InChI is InChI=1S/C14H23ClN2O3S/c1-5-20-8-13(9(2)3)17-21(18,19)11-6-10(4)14(15)12(16)7-11/h6-7,9,13,17H,5,8,16H2,1-4H3. The van der Waals surface area contributed by atoms with Gasteiger partial charge in [-0.2, -0.15) is 0 Å². The Bertz CT molecular complexity index is 565. The summed E-state index contributed by atoms with van der Waals surface area (Å²) in [6.07, 6.45) is 0. The topological polar surface area (TPSA) is 81.4 Å². The lowest BCUT2D eigenvalue weighted by Gasteiger charge is -2.22. The van der Waals surface area contributed by atoms with E-state index in [1.165, 1.54) is 12.1 Å². The second-order valence-corrected chi connectivity index (χ2v) is 7.37. The van der Waals surface area contributed by atoms with Crippen molar-refractivity contribution in [2.45, 2.75) is 38.6 Å². The van der Waals surface area contributed by atoms with Crippen LogP contribution in [0.25, 0.3) is 0 Å². The van der Waals surface area contributed by atoms with Crippen LogP contribution in [0.4, 0.5) is 5.69 Å². The summed E-state index contributed by atoms with van der Waals surface area (Å²) in [4.78, 5) is 0.115. The average Bonchev–Trinajstić information content (AvgIpc) is 2.39. The average molecular weight is 335 g/mol. The molecule has 0 saturated carbocycles. The molecule has 0 aliphatic rings. The molecule has 1 aromatic rings. The van der Waals surface area contributed by atoms with E-state index in [0.717, 1.165) is 0 Å². The number of anilines is 1. The molecule has 0 aromatic heterocycles. The van der Waals surface area contributed by atoms with Crippen LogP contribution in [0.3, 0.4) is 0 Å². The minimum atomic E-state index is -3.67. The van der Waals surface area contributed by atoms with Gasteiger partial charge >= 0.3 is 0 Å². The van der Waals surface area contributed by atoms with E-state index in [1.807, 2.05) is 20.8 Å². The maximum atomic E-state index is 12.5. The highest BCUT2D eigenvalue weighted by atomic mass is 35.5. The van der Waals surface area contributed by atoms with Gasteiger partial charge in [-0.05, 0) is 37.5 Å². The highest BCUT2D eigenvalue weighted by molar-refractivity contribution is 7.89. The quantitative estimate of drug-likeness (QED) is 0.751. The summed E-state index contributed by atoms with van der Waals surface area (Å²) in [5.74, 6) is 0.108. The molecule has 1 atom stereocenters. The number of aryl methyl sites for hydroxylation is 1. The fraction of sp³-hybridized carbons (Fsp3) is 0.571. The molecule has 120 valence electrons. The second-order valence-electron chi connectivity index (χ2n) is 5.27. The molecule has 1 aromatic carbocycles. The Morgan fingerprint density at radius 2 is 2.00 bits per heavy atom. The molecule has 0 spiro atoms. The minimum Gasteiger partial charge on any atom is -0.397 e. The molecule has 5 nitrogen and oxygen atoms in total. The first-order valence-corrected chi connectivity index (χ1v) is 8.70. The molecule has 0 fully saturated rings. The van der Waals surface area contributed by atoms with E-state index in [1.54, 1.807) is 6.92 Å². The molecular weight excluding hydrogens is 312 g/mol. The molecule has 0 saturated heterocycles. The monoisotopic (exact) mass is 334 g/mol. The number of nitrogens with two attached hydrogens (primary N) is 1. The van der Waals surface area contributed by atoms with Crippen molar-refractivity contribution in [3.05, 3.63) is 22.7 Å². The Kier molecular flexibility index (Phi) is 6.46.